The van der Waals surface area contributed by atoms with Crippen LogP contribution in [0.5, 0.6) is 0 Å². The molecule has 9 nitrogen and oxygen atoms in total. The number of carbonyl (C=O) groups excluding carboxylic acids is 2. The van der Waals surface area contributed by atoms with Gasteiger partial charge in [0.1, 0.15) is 12.9 Å². The molecule has 1 aromatic heterocycles. The summed E-state index contributed by atoms with van der Waals surface area (Å²) in [5.74, 6) is -0.139. The number of amides is 3. The zero-order valence-electron chi connectivity index (χ0n) is 8.51. The number of urea groups is 1. The number of hydrogen-bond acceptors (Lipinski definition) is 5. The van der Waals surface area contributed by atoms with Crippen LogP contribution in [-0.4, -0.2) is 39.8 Å². The van der Waals surface area contributed by atoms with Crippen molar-refractivity contribution in [2.75, 3.05) is 18.8 Å². The summed E-state index contributed by atoms with van der Waals surface area (Å²) in [6.07, 6.45) is 1.36. The Labute approximate surface area is 91.2 Å². The van der Waals surface area contributed by atoms with E-state index in [1.165, 1.54) is 11.0 Å². The number of rotatable bonds is 5. The molecule has 0 aromatic carbocycles. The van der Waals surface area contributed by atoms with Gasteiger partial charge in [0.15, 0.2) is 0 Å². The Bertz CT molecular complexity index is 375. The molecule has 6 N–H and O–H groups in total. The van der Waals surface area contributed by atoms with Crippen LogP contribution in [-0.2, 0) is 11.3 Å². The van der Waals surface area contributed by atoms with E-state index in [0.717, 1.165) is 0 Å². The molecule has 1 aromatic rings. The maximum Gasteiger partial charge on any atom is 0.312 e. The Morgan fingerprint density at radius 1 is 1.38 bits per heavy atom. The first-order valence-corrected chi connectivity index (χ1v) is 4.53. The lowest BCUT2D eigenvalue weighted by molar-refractivity contribution is -0.121. The van der Waals surface area contributed by atoms with Crippen LogP contribution in [0.2, 0.25) is 0 Å². The van der Waals surface area contributed by atoms with Crippen molar-refractivity contribution < 1.29 is 9.59 Å². The topological polar surface area (TPSA) is 141 Å². The first-order chi connectivity index (χ1) is 7.58. The van der Waals surface area contributed by atoms with Gasteiger partial charge in [-0.15, -0.1) is 5.10 Å². The minimum Gasteiger partial charge on any atom is -0.367 e. The van der Waals surface area contributed by atoms with E-state index in [9.17, 15) is 9.59 Å². The molecule has 0 atom stereocenters. The summed E-state index contributed by atoms with van der Waals surface area (Å²) in [4.78, 5) is 25.2. The van der Waals surface area contributed by atoms with Crippen molar-refractivity contribution in [2.45, 2.75) is 6.54 Å². The van der Waals surface area contributed by atoms with Crippen LogP contribution in [0.15, 0.2) is 6.33 Å². The molecule has 0 radical (unpaired) electrons. The molecule has 1 heterocycles. The van der Waals surface area contributed by atoms with Crippen molar-refractivity contribution in [2.24, 2.45) is 5.73 Å². The molecule has 0 spiro atoms. The van der Waals surface area contributed by atoms with Gasteiger partial charge >= 0.3 is 6.03 Å². The number of nitrogens with two attached hydrogens (primary N) is 2. The number of nitrogens with zero attached hydrogens (tertiary/aromatic N) is 3. The second kappa shape index (κ2) is 5.53. The van der Waals surface area contributed by atoms with Crippen LogP contribution in [0.4, 0.5) is 10.7 Å². The average molecular weight is 227 g/mol. The largest absolute Gasteiger partial charge is 0.367 e. The quantitative estimate of drug-likeness (QED) is 0.416. The molecule has 16 heavy (non-hydrogen) atoms. The molecule has 0 aliphatic rings. The summed E-state index contributed by atoms with van der Waals surface area (Å²) in [6.45, 7) is 0.604. The predicted octanol–water partition coefficient (Wildman–Crippen LogP) is -2.36. The van der Waals surface area contributed by atoms with Gasteiger partial charge in [0.25, 0.3) is 0 Å². The Morgan fingerprint density at radius 2 is 2.06 bits per heavy atom. The zero-order chi connectivity index (χ0) is 12.0. The molecular weight excluding hydrogens is 214 g/mol. The molecule has 1 rings (SSSR count). The van der Waals surface area contributed by atoms with E-state index in [1.807, 2.05) is 0 Å². The van der Waals surface area contributed by atoms with E-state index in [0.29, 0.717) is 6.54 Å². The van der Waals surface area contributed by atoms with E-state index in [4.69, 9.17) is 11.5 Å². The summed E-state index contributed by atoms with van der Waals surface area (Å²) in [5, 5.41) is 8.64. The summed E-state index contributed by atoms with van der Waals surface area (Å²) >= 11 is 0. The number of primary amides is 1. The van der Waals surface area contributed by atoms with Crippen LogP contribution in [0.1, 0.15) is 0 Å². The summed E-state index contributed by atoms with van der Waals surface area (Å²) < 4.78 is 1.31. The summed E-state index contributed by atoms with van der Waals surface area (Å²) in [7, 11) is 0. The third kappa shape index (κ3) is 4.26. The Balaban J connectivity index is 2.18. The fourth-order valence-electron chi connectivity index (χ4n) is 0.976. The van der Waals surface area contributed by atoms with Gasteiger partial charge in [-0.2, -0.15) is 0 Å². The smallest absolute Gasteiger partial charge is 0.312 e. The molecule has 3 amide bonds. The fraction of sp³-hybridized carbons (Fsp3) is 0.429. The van der Waals surface area contributed by atoms with Crippen LogP contribution < -0.4 is 22.1 Å². The highest BCUT2D eigenvalue weighted by atomic mass is 16.2. The molecule has 0 unspecified atom stereocenters. The molecule has 0 aliphatic heterocycles. The standard InChI is InChI=1S/C7H13N7O2/c8-6-12-4-14(13-6)3-5(15)10-1-2-11-7(9)16/h4H,1-3H2,(H2,8,13)(H,10,15)(H3,9,11,16). The van der Waals surface area contributed by atoms with Gasteiger partial charge in [0.2, 0.25) is 11.9 Å². The van der Waals surface area contributed by atoms with Gasteiger partial charge in [0, 0.05) is 13.1 Å². The van der Waals surface area contributed by atoms with Gasteiger partial charge in [-0.05, 0) is 0 Å². The van der Waals surface area contributed by atoms with E-state index in [2.05, 4.69) is 20.7 Å². The monoisotopic (exact) mass is 227 g/mol. The first kappa shape index (κ1) is 11.8. The number of nitrogen functional groups attached to an aromatic ring is 1. The van der Waals surface area contributed by atoms with Gasteiger partial charge < -0.3 is 22.1 Å². The number of hydrogen-bond donors (Lipinski definition) is 4. The third-order valence-electron chi connectivity index (χ3n) is 1.61. The summed E-state index contributed by atoms with van der Waals surface area (Å²) in [5.41, 5.74) is 10.1. The highest BCUT2D eigenvalue weighted by molar-refractivity contribution is 5.75. The van der Waals surface area contributed by atoms with Crippen molar-refractivity contribution in [3.8, 4) is 0 Å². The van der Waals surface area contributed by atoms with Gasteiger partial charge in [0.05, 0.1) is 0 Å². The fourth-order valence-corrected chi connectivity index (χ4v) is 0.976. The Morgan fingerprint density at radius 3 is 2.62 bits per heavy atom. The molecule has 9 heteroatoms. The van der Waals surface area contributed by atoms with Crippen molar-refractivity contribution in [3.63, 3.8) is 0 Å². The van der Waals surface area contributed by atoms with Crippen molar-refractivity contribution in [1.82, 2.24) is 25.4 Å². The van der Waals surface area contributed by atoms with Gasteiger partial charge in [-0.1, -0.05) is 0 Å². The normalized spacial score (nSPS) is 9.75. The third-order valence-corrected chi connectivity index (χ3v) is 1.61. The second-order valence-corrected chi connectivity index (χ2v) is 2.94. The van der Waals surface area contributed by atoms with Gasteiger partial charge in [-0.25, -0.2) is 14.5 Å². The molecule has 0 saturated heterocycles. The van der Waals surface area contributed by atoms with Crippen LogP contribution in [0.25, 0.3) is 0 Å². The zero-order valence-corrected chi connectivity index (χ0v) is 8.51. The lowest BCUT2D eigenvalue weighted by Crippen LogP contribution is -2.38. The maximum absolute atomic E-state index is 11.3. The number of carbonyl (C=O) groups is 2. The Kier molecular flexibility index (Phi) is 4.07. The van der Waals surface area contributed by atoms with Crippen molar-refractivity contribution in [3.05, 3.63) is 6.33 Å². The highest BCUT2D eigenvalue weighted by Gasteiger charge is 2.03. The van der Waals surface area contributed by atoms with Crippen LogP contribution in [0.3, 0.4) is 0 Å². The van der Waals surface area contributed by atoms with Crippen LogP contribution in [0, 0.1) is 0 Å². The van der Waals surface area contributed by atoms with Gasteiger partial charge in [-0.3, -0.25) is 4.79 Å². The lowest BCUT2D eigenvalue weighted by Gasteiger charge is -2.04. The minimum absolute atomic E-state index is 0.0285. The average Bonchev–Trinajstić information content (AvgIpc) is 2.58. The Hall–Kier alpha value is -2.32. The molecule has 0 saturated carbocycles. The summed E-state index contributed by atoms with van der Waals surface area (Å²) in [6, 6.07) is -0.627. The highest BCUT2D eigenvalue weighted by Crippen LogP contribution is 1.88. The molecular formula is C7H13N7O2. The number of aromatic nitrogens is 3. The number of nitrogens with one attached hydrogen (secondary N) is 2. The van der Waals surface area contributed by atoms with Crippen molar-refractivity contribution in [1.29, 1.82) is 0 Å². The molecule has 0 fully saturated rings. The van der Waals surface area contributed by atoms with Crippen LogP contribution >= 0.6 is 0 Å². The van der Waals surface area contributed by atoms with Crippen molar-refractivity contribution >= 4 is 17.9 Å². The van der Waals surface area contributed by atoms with E-state index < -0.39 is 6.03 Å². The maximum atomic E-state index is 11.3. The van der Waals surface area contributed by atoms with E-state index >= 15 is 0 Å². The van der Waals surface area contributed by atoms with E-state index in [1.54, 1.807) is 0 Å². The minimum atomic E-state index is -0.627. The second-order valence-electron chi connectivity index (χ2n) is 2.94. The SMILES string of the molecule is NC(=O)NCCNC(=O)Cn1cnc(N)n1. The molecule has 88 valence electrons. The number of anilines is 1. The molecule has 0 aliphatic carbocycles. The van der Waals surface area contributed by atoms with E-state index in [-0.39, 0.29) is 24.9 Å². The lowest BCUT2D eigenvalue weighted by atomic mass is 10.5. The molecule has 0 bridgehead atoms. The first-order valence-electron chi connectivity index (χ1n) is 4.53. The predicted molar refractivity (Wildman–Crippen MR) is 55.0 cm³/mol.